The molecule has 0 bridgehead atoms. The zero-order valence-electron chi connectivity index (χ0n) is 13.1. The van der Waals surface area contributed by atoms with Crippen molar-refractivity contribution < 1.29 is 0 Å². The molecular weight excluding hydrogens is 248 g/mol. The van der Waals surface area contributed by atoms with Gasteiger partial charge in [-0.3, -0.25) is 9.58 Å². The molecule has 0 spiro atoms. The van der Waals surface area contributed by atoms with E-state index in [9.17, 15) is 0 Å². The van der Waals surface area contributed by atoms with Crippen LogP contribution in [0.1, 0.15) is 44.5 Å². The highest BCUT2D eigenvalue weighted by molar-refractivity contribution is 5.10. The van der Waals surface area contributed by atoms with Crippen LogP contribution in [0.3, 0.4) is 0 Å². The first-order chi connectivity index (χ1) is 9.71. The van der Waals surface area contributed by atoms with E-state index in [1.807, 2.05) is 0 Å². The molecule has 1 saturated heterocycles. The first-order valence-electron chi connectivity index (χ1n) is 8.22. The fourth-order valence-corrected chi connectivity index (χ4v) is 3.50. The van der Waals surface area contributed by atoms with Gasteiger partial charge in [0.05, 0.1) is 11.4 Å². The van der Waals surface area contributed by atoms with Gasteiger partial charge in [-0.05, 0) is 45.1 Å². The predicted molar refractivity (Wildman–Crippen MR) is 81.6 cm³/mol. The highest BCUT2D eigenvalue weighted by Gasteiger charge is 2.36. The quantitative estimate of drug-likeness (QED) is 0.895. The Morgan fingerprint density at radius 2 is 2.15 bits per heavy atom. The molecule has 3 rings (SSSR count). The summed E-state index contributed by atoms with van der Waals surface area (Å²) < 4.78 is 2.16. The van der Waals surface area contributed by atoms with Crippen molar-refractivity contribution in [1.29, 1.82) is 0 Å². The Kier molecular flexibility index (Phi) is 4.13. The van der Waals surface area contributed by atoms with Crippen molar-refractivity contribution in [3.8, 4) is 0 Å². The van der Waals surface area contributed by atoms with Crippen molar-refractivity contribution in [2.75, 3.05) is 13.1 Å². The standard InChI is InChI=1S/C16H28N4/c1-4-14-9-17-16(13-6-7-13)11-19(14)10-15-8-12(3)18-20(15)5-2/h8,13-14,16-17H,4-7,9-11H2,1-3H3. The highest BCUT2D eigenvalue weighted by Crippen LogP contribution is 2.34. The van der Waals surface area contributed by atoms with Gasteiger partial charge in [0.15, 0.2) is 0 Å². The molecule has 112 valence electrons. The van der Waals surface area contributed by atoms with Crippen LogP contribution in [0.2, 0.25) is 0 Å². The Morgan fingerprint density at radius 1 is 1.35 bits per heavy atom. The van der Waals surface area contributed by atoms with Gasteiger partial charge in [-0.15, -0.1) is 0 Å². The first-order valence-corrected chi connectivity index (χ1v) is 8.22. The molecule has 4 nitrogen and oxygen atoms in total. The van der Waals surface area contributed by atoms with Crippen LogP contribution < -0.4 is 5.32 Å². The van der Waals surface area contributed by atoms with Gasteiger partial charge in [0.2, 0.25) is 0 Å². The molecule has 1 aromatic heterocycles. The van der Waals surface area contributed by atoms with Gasteiger partial charge in [0.1, 0.15) is 0 Å². The van der Waals surface area contributed by atoms with E-state index in [0.29, 0.717) is 6.04 Å². The summed E-state index contributed by atoms with van der Waals surface area (Å²) in [6.07, 6.45) is 4.08. The molecule has 2 atom stereocenters. The van der Waals surface area contributed by atoms with Crippen LogP contribution in [0.25, 0.3) is 0 Å². The molecule has 2 unspecified atom stereocenters. The number of nitrogens with zero attached hydrogens (tertiary/aromatic N) is 3. The summed E-state index contributed by atoms with van der Waals surface area (Å²) >= 11 is 0. The van der Waals surface area contributed by atoms with Gasteiger partial charge in [-0.1, -0.05) is 6.92 Å². The first kappa shape index (κ1) is 14.1. The lowest BCUT2D eigenvalue weighted by Gasteiger charge is -2.40. The van der Waals surface area contributed by atoms with E-state index >= 15 is 0 Å². The third kappa shape index (κ3) is 2.91. The number of hydrogen-bond donors (Lipinski definition) is 1. The van der Waals surface area contributed by atoms with Gasteiger partial charge < -0.3 is 5.32 Å². The van der Waals surface area contributed by atoms with Crippen LogP contribution in [0.4, 0.5) is 0 Å². The molecule has 2 aliphatic rings. The van der Waals surface area contributed by atoms with E-state index in [1.165, 1.54) is 31.5 Å². The van der Waals surface area contributed by atoms with Crippen LogP contribution in [0, 0.1) is 12.8 Å². The van der Waals surface area contributed by atoms with Crippen molar-refractivity contribution >= 4 is 0 Å². The van der Waals surface area contributed by atoms with Crippen LogP contribution >= 0.6 is 0 Å². The summed E-state index contributed by atoms with van der Waals surface area (Å²) in [5.74, 6) is 0.938. The molecule has 0 aromatic carbocycles. The Hall–Kier alpha value is -0.870. The SMILES string of the molecule is CCC1CNC(C2CC2)CN1Cc1cc(C)nn1CC. The van der Waals surface area contributed by atoms with Crippen LogP contribution in [-0.2, 0) is 13.1 Å². The van der Waals surface area contributed by atoms with E-state index in [4.69, 9.17) is 0 Å². The second kappa shape index (κ2) is 5.86. The average molecular weight is 276 g/mol. The van der Waals surface area contributed by atoms with E-state index in [0.717, 1.165) is 37.3 Å². The van der Waals surface area contributed by atoms with Crippen molar-refractivity contribution in [3.63, 3.8) is 0 Å². The topological polar surface area (TPSA) is 33.1 Å². The largest absolute Gasteiger partial charge is 0.311 e. The highest BCUT2D eigenvalue weighted by atomic mass is 15.3. The van der Waals surface area contributed by atoms with Crippen molar-refractivity contribution in [2.24, 2.45) is 5.92 Å². The Morgan fingerprint density at radius 3 is 2.80 bits per heavy atom. The van der Waals surface area contributed by atoms with Crippen LogP contribution in [0.15, 0.2) is 6.07 Å². The van der Waals surface area contributed by atoms with Gasteiger partial charge >= 0.3 is 0 Å². The van der Waals surface area contributed by atoms with Crippen LogP contribution in [0.5, 0.6) is 0 Å². The maximum Gasteiger partial charge on any atom is 0.0597 e. The summed E-state index contributed by atoms with van der Waals surface area (Å²) in [4.78, 5) is 2.68. The zero-order chi connectivity index (χ0) is 14.1. The summed E-state index contributed by atoms with van der Waals surface area (Å²) in [5, 5.41) is 8.35. The van der Waals surface area contributed by atoms with Crippen molar-refractivity contribution in [3.05, 3.63) is 17.5 Å². The van der Waals surface area contributed by atoms with Gasteiger partial charge in [-0.2, -0.15) is 5.10 Å². The monoisotopic (exact) mass is 276 g/mol. The molecule has 2 fully saturated rings. The number of rotatable bonds is 5. The van der Waals surface area contributed by atoms with E-state index in [1.54, 1.807) is 0 Å². The second-order valence-electron chi connectivity index (χ2n) is 6.44. The molecule has 2 heterocycles. The number of hydrogen-bond acceptors (Lipinski definition) is 3. The molecule has 1 aliphatic heterocycles. The molecule has 1 N–H and O–H groups in total. The zero-order valence-corrected chi connectivity index (χ0v) is 13.1. The third-order valence-electron chi connectivity index (χ3n) is 4.88. The molecule has 1 saturated carbocycles. The minimum atomic E-state index is 0.672. The number of nitrogens with one attached hydrogen (secondary N) is 1. The summed E-state index contributed by atoms with van der Waals surface area (Å²) in [6.45, 7) is 11.0. The summed E-state index contributed by atoms with van der Waals surface area (Å²) in [7, 11) is 0. The Bertz CT molecular complexity index is 449. The molecule has 20 heavy (non-hydrogen) atoms. The molecular formula is C16H28N4. The van der Waals surface area contributed by atoms with Gasteiger partial charge in [0, 0.05) is 38.3 Å². The smallest absolute Gasteiger partial charge is 0.0597 e. The van der Waals surface area contributed by atoms with Gasteiger partial charge in [-0.25, -0.2) is 0 Å². The average Bonchev–Trinajstić information content (AvgIpc) is 3.23. The minimum Gasteiger partial charge on any atom is -0.311 e. The minimum absolute atomic E-state index is 0.672. The molecule has 1 aromatic rings. The van der Waals surface area contributed by atoms with Gasteiger partial charge in [0.25, 0.3) is 0 Å². The van der Waals surface area contributed by atoms with E-state index in [-0.39, 0.29) is 0 Å². The fraction of sp³-hybridized carbons (Fsp3) is 0.812. The third-order valence-corrected chi connectivity index (χ3v) is 4.88. The van der Waals surface area contributed by atoms with E-state index in [2.05, 4.69) is 46.8 Å². The Balaban J connectivity index is 1.71. The summed E-state index contributed by atoms with van der Waals surface area (Å²) in [6, 6.07) is 3.65. The normalized spacial score (nSPS) is 27.9. The lowest BCUT2D eigenvalue weighted by atomic mass is 10.0. The van der Waals surface area contributed by atoms with Crippen LogP contribution in [-0.4, -0.2) is 39.9 Å². The maximum absolute atomic E-state index is 4.59. The number of piperazine rings is 1. The predicted octanol–water partition coefficient (Wildman–Crippen LogP) is 2.17. The lowest BCUT2D eigenvalue weighted by Crippen LogP contribution is -2.56. The van der Waals surface area contributed by atoms with Crippen molar-refractivity contribution in [1.82, 2.24) is 20.0 Å². The molecule has 1 aliphatic carbocycles. The maximum atomic E-state index is 4.59. The van der Waals surface area contributed by atoms with E-state index < -0.39 is 0 Å². The second-order valence-corrected chi connectivity index (χ2v) is 6.44. The Labute approximate surface area is 122 Å². The molecule has 0 radical (unpaired) electrons. The number of aromatic nitrogens is 2. The van der Waals surface area contributed by atoms with Crippen molar-refractivity contribution in [2.45, 2.75) is 65.2 Å². The number of aryl methyl sites for hydroxylation is 2. The summed E-state index contributed by atoms with van der Waals surface area (Å²) in [5.41, 5.74) is 2.52. The fourth-order valence-electron chi connectivity index (χ4n) is 3.50. The molecule has 4 heteroatoms. The lowest BCUT2D eigenvalue weighted by molar-refractivity contribution is 0.108. The molecule has 0 amide bonds.